The van der Waals surface area contributed by atoms with Crippen LogP contribution in [0.3, 0.4) is 0 Å². The normalized spacial score (nSPS) is 24.8. The third-order valence-electron chi connectivity index (χ3n) is 27.6. The first-order valence-corrected chi connectivity index (χ1v) is 43.7. The number of phenols is 2. The van der Waals surface area contributed by atoms with Crippen molar-refractivity contribution in [3.05, 3.63) is 166 Å². The summed E-state index contributed by atoms with van der Waals surface area (Å²) in [6.07, 6.45) is 16.1. The van der Waals surface area contributed by atoms with Gasteiger partial charge in [-0.2, -0.15) is 45.7 Å². The van der Waals surface area contributed by atoms with Crippen LogP contribution in [0.5, 0.6) is 29.5 Å². The molecule has 9 atom stereocenters. The summed E-state index contributed by atoms with van der Waals surface area (Å²) in [5.41, 5.74) is 13.0. The molecular formula is C92H114FN21O8. The highest BCUT2D eigenvalue weighted by Gasteiger charge is 2.46. The number of fused-ring (bicyclic) bond motifs is 6. The van der Waals surface area contributed by atoms with E-state index >= 15 is 4.39 Å². The molecule has 6 aromatic rings. The van der Waals surface area contributed by atoms with Gasteiger partial charge in [0.25, 0.3) is 0 Å². The van der Waals surface area contributed by atoms with Crippen LogP contribution >= 0.6 is 0 Å². The van der Waals surface area contributed by atoms with Crippen molar-refractivity contribution in [3.63, 3.8) is 0 Å². The average Bonchev–Trinajstić information content (AvgIpc) is 1.57. The van der Waals surface area contributed by atoms with Gasteiger partial charge in [-0.25, -0.2) is 4.39 Å². The number of carbonyl (C=O) groups is 3. The van der Waals surface area contributed by atoms with Crippen LogP contribution in [0.15, 0.2) is 92.6 Å². The lowest BCUT2D eigenvalue weighted by molar-refractivity contribution is -0.129. The minimum atomic E-state index is -0.379. The number of ether oxygens (including phenoxy) is 3. The number of carbonyl (C=O) groups excluding carboxylic acids is 3. The molecule has 29 nitrogen and oxygen atoms in total. The van der Waals surface area contributed by atoms with Crippen molar-refractivity contribution in [3.8, 4) is 47.7 Å². The molecule has 18 rings (SSSR count). The first-order chi connectivity index (χ1) is 59.1. The number of aromatic nitrogens is 6. The molecule has 3 aromatic carbocycles. The van der Waals surface area contributed by atoms with E-state index in [-0.39, 0.29) is 84.2 Å². The molecule has 0 spiro atoms. The second-order valence-electron chi connectivity index (χ2n) is 35.5. The Morgan fingerprint density at radius 2 is 0.893 bits per heavy atom. The van der Waals surface area contributed by atoms with Gasteiger partial charge in [0, 0.05) is 182 Å². The Bertz CT molecular complexity index is 5090. The number of hydrogen-bond acceptors (Lipinski definition) is 26. The summed E-state index contributed by atoms with van der Waals surface area (Å²) in [5.74, 6) is 1.90. The Labute approximate surface area is 714 Å². The summed E-state index contributed by atoms with van der Waals surface area (Å²) in [6.45, 7) is 35.4. The molecule has 6 fully saturated rings. The molecule has 0 saturated carbocycles. The minimum Gasteiger partial charge on any atom is -0.508 e. The number of hydrogen-bond donors (Lipinski definition) is 2. The lowest BCUT2D eigenvalue weighted by atomic mass is 9.86. The fraction of sp³-hybridized carbons (Fsp3) is 0.543. The van der Waals surface area contributed by atoms with E-state index in [0.717, 1.165) is 128 Å². The van der Waals surface area contributed by atoms with Crippen molar-refractivity contribution in [2.75, 3.05) is 113 Å². The highest BCUT2D eigenvalue weighted by atomic mass is 19.1. The number of piperazine rings is 3. The van der Waals surface area contributed by atoms with Gasteiger partial charge in [-0.3, -0.25) is 43.8 Å². The largest absolute Gasteiger partial charge is 0.508 e. The second kappa shape index (κ2) is 36.6. The summed E-state index contributed by atoms with van der Waals surface area (Å²) in [5, 5.41) is 48.4. The number of halogens is 1. The molecule has 6 unspecified atom stereocenters. The molecule has 3 aliphatic carbocycles. The van der Waals surface area contributed by atoms with E-state index in [9.17, 15) is 40.4 Å². The quantitative estimate of drug-likeness (QED) is 0.0633. The molecule has 3 aromatic heterocycles. The van der Waals surface area contributed by atoms with Crippen LogP contribution < -0.4 is 28.9 Å². The standard InChI is InChI=1S/C32H41N7O2.C30H36FN7O3.C30H37N7O3/c1-5-29(40)39-16-15-36(18-23(39)12-13-33)30-25-19-38(28-17-32(3,4)26-11-7-6-10-24(26)28)20-27(25)34-31(35-30)41-21-37-14-8-9-22(37)2;1-3-27(40)38-12-11-35(15-21(38)8-9-32)29-23-16-37(26-7-6-20-13-22(39)14-24(31)28(20)26)17-25(23)33-30(34-29)41-18-36-10-4-5-19(36)2;1-3-28(39)37-14-13-34(16-22(37)10-11-31)29-25-17-36(27-9-6-21-15-23(38)7-8-24(21)27)18-26(25)32-30(33-29)40-19-35-12-4-5-20(35)2/h5-7,10-11,22-23,28H,1,8-9,12,14-21H2,2-4H3;3,13-14,19,21,26,39H,1,4-8,10-12,15-18H2,2H3;3,7-8,15,20,22,27,38H,1,4-6,9-10,12-14,16-19H2,2H3/t22?,23-,28?;19?,21-,26?;20?,22-,27?/m000/s1. The molecular weight excluding hydrogens is 1550 g/mol. The van der Waals surface area contributed by atoms with Crippen LogP contribution in [0.4, 0.5) is 21.8 Å². The van der Waals surface area contributed by atoms with Gasteiger partial charge >= 0.3 is 18.0 Å². The summed E-state index contributed by atoms with van der Waals surface area (Å²) in [4.78, 5) is 93.0. The monoisotopic (exact) mass is 1660 g/mol. The maximum absolute atomic E-state index is 15.0. The number of nitrogens with zero attached hydrogens (tertiary/aromatic N) is 21. The van der Waals surface area contributed by atoms with E-state index < -0.39 is 0 Å². The van der Waals surface area contributed by atoms with E-state index in [1.54, 1.807) is 26.8 Å². The zero-order valence-electron chi connectivity index (χ0n) is 71.1. The van der Waals surface area contributed by atoms with E-state index in [2.05, 4.69) is 141 Å². The van der Waals surface area contributed by atoms with Gasteiger partial charge < -0.3 is 53.8 Å². The Balaban J connectivity index is 0.000000136. The maximum Gasteiger partial charge on any atom is 0.319 e. The Kier molecular flexibility index (Phi) is 25.4. The van der Waals surface area contributed by atoms with E-state index in [1.165, 1.54) is 72.2 Å². The van der Waals surface area contributed by atoms with Gasteiger partial charge in [-0.1, -0.05) is 63.9 Å². The lowest BCUT2D eigenvalue weighted by Gasteiger charge is -2.41. The number of aryl methyl sites for hydroxylation is 2. The van der Waals surface area contributed by atoms with Gasteiger partial charge in [0.2, 0.25) is 17.7 Å². The third kappa shape index (κ3) is 17.6. The Morgan fingerprint density at radius 3 is 1.31 bits per heavy atom. The van der Waals surface area contributed by atoms with E-state index in [0.29, 0.717) is 165 Å². The lowest BCUT2D eigenvalue weighted by Crippen LogP contribution is -2.55. The summed E-state index contributed by atoms with van der Waals surface area (Å²) in [7, 11) is 0. The molecule has 122 heavy (non-hydrogen) atoms. The highest BCUT2D eigenvalue weighted by molar-refractivity contribution is 5.88. The van der Waals surface area contributed by atoms with Crippen LogP contribution in [-0.4, -0.2) is 237 Å². The number of phenolic OH excluding ortho intramolecular Hbond substituents is 2. The zero-order valence-corrected chi connectivity index (χ0v) is 71.1. The van der Waals surface area contributed by atoms with Crippen molar-refractivity contribution in [2.24, 2.45) is 0 Å². The first kappa shape index (κ1) is 84.7. The van der Waals surface area contributed by atoms with Crippen LogP contribution in [-0.2, 0) is 71.9 Å². The molecule has 12 aliphatic rings. The highest BCUT2D eigenvalue weighted by Crippen LogP contribution is 2.51. The number of nitriles is 3. The van der Waals surface area contributed by atoms with E-state index in [4.69, 9.17) is 44.1 Å². The molecule has 642 valence electrons. The Morgan fingerprint density at radius 1 is 0.492 bits per heavy atom. The predicted molar refractivity (Wildman–Crippen MR) is 456 cm³/mol. The van der Waals surface area contributed by atoms with Crippen molar-refractivity contribution in [1.29, 1.82) is 15.8 Å². The summed E-state index contributed by atoms with van der Waals surface area (Å²) in [6, 6.07) is 26.3. The van der Waals surface area contributed by atoms with Crippen molar-refractivity contribution < 1.29 is 43.2 Å². The SMILES string of the molecule is C=CC(=O)N1CCN(c2nc(OCN3CCCC3C)nc3c2CN(C2CC(C)(C)c4ccccc42)C3)C[C@@H]1CC#N.C=CC(=O)N1CCN(c2nc(OCN3CCCC3C)nc3c2CN(C2CCc4cc(O)cc(F)c42)C3)C[C@@H]1CC#N.C=CC(=O)N1CCN(c2nc(OCN3CCCC3C)nc3c2CN(C2CCc4cc(O)ccc42)C3)C[C@@H]1CC#N. The number of amides is 3. The van der Waals surface area contributed by atoms with Crippen LogP contribution in [0.2, 0.25) is 0 Å². The minimum absolute atomic E-state index is 0.0464. The van der Waals surface area contributed by atoms with Gasteiger partial charge in [0.15, 0.2) is 0 Å². The first-order valence-electron chi connectivity index (χ1n) is 43.7. The van der Waals surface area contributed by atoms with Crippen molar-refractivity contribution in [2.45, 2.75) is 224 Å². The van der Waals surface area contributed by atoms with Crippen molar-refractivity contribution in [1.82, 2.24) is 74.0 Å². The predicted octanol–water partition coefficient (Wildman–Crippen LogP) is 10.5. The summed E-state index contributed by atoms with van der Waals surface area (Å²) >= 11 is 0. The molecule has 0 bridgehead atoms. The molecule has 30 heteroatoms. The van der Waals surface area contributed by atoms with Gasteiger partial charge in [-0.05, 0) is 161 Å². The molecule has 12 heterocycles. The number of likely N-dealkylation sites (tertiary alicyclic amines) is 3. The Hall–Kier alpha value is -10.9. The maximum atomic E-state index is 15.0. The average molecular weight is 1660 g/mol. The summed E-state index contributed by atoms with van der Waals surface area (Å²) < 4.78 is 33.6. The van der Waals surface area contributed by atoms with Gasteiger partial charge in [0.1, 0.15) is 55.0 Å². The topological polar surface area (TPSA) is 307 Å². The molecule has 3 amide bonds. The fourth-order valence-corrected chi connectivity index (χ4v) is 21.0. The fourth-order valence-electron chi connectivity index (χ4n) is 21.0. The zero-order chi connectivity index (χ0) is 85.2. The number of rotatable bonds is 21. The second-order valence-corrected chi connectivity index (χ2v) is 35.5. The van der Waals surface area contributed by atoms with Crippen LogP contribution in [0.25, 0.3) is 0 Å². The number of anilines is 3. The van der Waals surface area contributed by atoms with Crippen LogP contribution in [0, 0.1) is 39.8 Å². The van der Waals surface area contributed by atoms with Gasteiger partial charge in [0.05, 0.1) is 72.7 Å². The number of aromatic hydroxyl groups is 2. The van der Waals surface area contributed by atoms with Crippen molar-refractivity contribution >= 4 is 35.2 Å². The smallest absolute Gasteiger partial charge is 0.319 e. The molecule has 0 radical (unpaired) electrons. The van der Waals surface area contributed by atoms with Crippen LogP contribution in [0.1, 0.15) is 197 Å². The molecule has 6 saturated heterocycles. The van der Waals surface area contributed by atoms with Gasteiger partial charge in [-0.15, -0.1) is 0 Å². The molecule has 9 aliphatic heterocycles. The third-order valence-corrected chi connectivity index (χ3v) is 27.6. The molecule has 2 N–H and O–H groups in total. The van der Waals surface area contributed by atoms with E-state index in [1.807, 2.05) is 12.1 Å². The number of benzene rings is 3.